The van der Waals surface area contributed by atoms with Gasteiger partial charge in [-0.3, -0.25) is 0 Å². The summed E-state index contributed by atoms with van der Waals surface area (Å²) in [6.45, 7) is 4.18. The van der Waals surface area contributed by atoms with Gasteiger partial charge in [-0.1, -0.05) is 35.0 Å². The van der Waals surface area contributed by atoms with Gasteiger partial charge in [0.25, 0.3) is 0 Å². The van der Waals surface area contributed by atoms with E-state index >= 15 is 0 Å². The molecule has 4 heteroatoms. The van der Waals surface area contributed by atoms with E-state index in [0.29, 0.717) is 5.92 Å². The van der Waals surface area contributed by atoms with E-state index in [1.807, 2.05) is 6.20 Å². The number of nitrogens with zero attached hydrogens (tertiary/aromatic N) is 2. The molecule has 2 heterocycles. The van der Waals surface area contributed by atoms with E-state index < -0.39 is 0 Å². The second kappa shape index (κ2) is 5.10. The third-order valence-corrected chi connectivity index (χ3v) is 4.41. The number of nitrogens with two attached hydrogens (primary N) is 1. The van der Waals surface area contributed by atoms with Crippen LogP contribution in [0.2, 0.25) is 0 Å². The summed E-state index contributed by atoms with van der Waals surface area (Å²) in [7, 11) is 0. The normalized spacial score (nSPS) is 23.8. The van der Waals surface area contributed by atoms with Crippen LogP contribution in [0, 0.1) is 5.92 Å². The molecule has 2 N–H and O–H groups in total. The second-order valence-corrected chi connectivity index (χ2v) is 6.33. The van der Waals surface area contributed by atoms with Crippen molar-refractivity contribution in [3.63, 3.8) is 0 Å². The Morgan fingerprint density at radius 2 is 2.11 bits per heavy atom. The van der Waals surface area contributed by atoms with Crippen LogP contribution in [-0.4, -0.2) is 24.1 Å². The van der Waals surface area contributed by atoms with Gasteiger partial charge in [-0.25, -0.2) is 4.98 Å². The Bertz CT molecular complexity index is 589. The third-order valence-electron chi connectivity index (χ3n) is 3.72. The highest BCUT2D eigenvalue weighted by Gasteiger charge is 2.24. The smallest absolute Gasteiger partial charge is 0.136 e. The molecule has 0 radical (unpaired) electrons. The average molecular weight is 320 g/mol. The fraction of sp³-hybridized carbons (Fsp3) is 0.400. The molecule has 0 saturated carbocycles. The Morgan fingerprint density at radius 3 is 2.89 bits per heavy atom. The number of anilines is 1. The molecular weight excluding hydrogens is 302 g/mol. The van der Waals surface area contributed by atoms with Gasteiger partial charge >= 0.3 is 0 Å². The molecule has 1 aliphatic rings. The number of rotatable bonds is 1. The number of hydrogen-bond donors (Lipinski definition) is 1. The molecule has 100 valence electrons. The van der Waals surface area contributed by atoms with E-state index in [2.05, 4.69) is 57.0 Å². The molecule has 2 aromatic rings. The molecule has 0 bridgehead atoms. The molecular formula is C15H18BrN3. The quantitative estimate of drug-likeness (QED) is 0.877. The fourth-order valence-electron chi connectivity index (χ4n) is 2.98. The maximum absolute atomic E-state index is 6.15. The average Bonchev–Trinajstić information content (AvgIpc) is 2.37. The summed E-state index contributed by atoms with van der Waals surface area (Å²) in [4.78, 5) is 6.92. The molecule has 0 spiro atoms. The molecule has 3 rings (SSSR count). The number of pyridine rings is 1. The summed E-state index contributed by atoms with van der Waals surface area (Å²) in [6.07, 6.45) is 2.98. The predicted octanol–water partition coefficient (Wildman–Crippen LogP) is 3.17. The van der Waals surface area contributed by atoms with Crippen molar-refractivity contribution in [3.8, 4) is 0 Å². The van der Waals surface area contributed by atoms with E-state index in [4.69, 9.17) is 5.73 Å². The van der Waals surface area contributed by atoms with E-state index in [9.17, 15) is 0 Å². The van der Waals surface area contributed by atoms with Gasteiger partial charge in [-0.2, -0.15) is 0 Å². The molecule has 2 atom stereocenters. The van der Waals surface area contributed by atoms with Crippen LogP contribution < -0.4 is 10.6 Å². The van der Waals surface area contributed by atoms with Crippen LogP contribution in [0.4, 0.5) is 5.82 Å². The van der Waals surface area contributed by atoms with Crippen molar-refractivity contribution < 1.29 is 0 Å². The van der Waals surface area contributed by atoms with Gasteiger partial charge in [0.15, 0.2) is 0 Å². The van der Waals surface area contributed by atoms with Gasteiger partial charge < -0.3 is 10.6 Å². The van der Waals surface area contributed by atoms with Crippen LogP contribution in [0.5, 0.6) is 0 Å². The Hall–Kier alpha value is -1.13. The lowest BCUT2D eigenvalue weighted by Crippen LogP contribution is -2.46. The number of benzene rings is 1. The Morgan fingerprint density at radius 1 is 1.26 bits per heavy atom. The van der Waals surface area contributed by atoms with Crippen LogP contribution in [0.25, 0.3) is 10.8 Å². The molecule has 1 saturated heterocycles. The fourth-order valence-corrected chi connectivity index (χ4v) is 3.48. The summed E-state index contributed by atoms with van der Waals surface area (Å²) in [5.41, 5.74) is 6.15. The predicted molar refractivity (Wildman–Crippen MR) is 83.4 cm³/mol. The number of fused-ring (bicyclic) bond motifs is 1. The van der Waals surface area contributed by atoms with Crippen LogP contribution in [0.1, 0.15) is 13.3 Å². The molecule has 19 heavy (non-hydrogen) atoms. The highest BCUT2D eigenvalue weighted by Crippen LogP contribution is 2.31. The molecule has 2 unspecified atom stereocenters. The highest BCUT2D eigenvalue weighted by molar-refractivity contribution is 9.10. The first kappa shape index (κ1) is 12.9. The van der Waals surface area contributed by atoms with Crippen molar-refractivity contribution in [1.82, 2.24) is 4.98 Å². The minimum absolute atomic E-state index is 0.243. The zero-order chi connectivity index (χ0) is 13.4. The summed E-state index contributed by atoms with van der Waals surface area (Å²) in [5, 5.41) is 2.40. The van der Waals surface area contributed by atoms with E-state index in [0.717, 1.165) is 29.8 Å². The highest BCUT2D eigenvalue weighted by atomic mass is 79.9. The van der Waals surface area contributed by atoms with Crippen molar-refractivity contribution in [1.29, 1.82) is 0 Å². The second-order valence-electron chi connectivity index (χ2n) is 5.48. The monoisotopic (exact) mass is 319 g/mol. The first-order chi connectivity index (χ1) is 9.15. The van der Waals surface area contributed by atoms with Crippen LogP contribution in [0.3, 0.4) is 0 Å². The van der Waals surface area contributed by atoms with E-state index in [1.54, 1.807) is 0 Å². The summed E-state index contributed by atoms with van der Waals surface area (Å²) < 4.78 is 1.11. The van der Waals surface area contributed by atoms with Gasteiger partial charge in [0.05, 0.1) is 0 Å². The van der Waals surface area contributed by atoms with E-state index in [1.165, 1.54) is 10.8 Å². The van der Waals surface area contributed by atoms with Gasteiger partial charge in [0.1, 0.15) is 5.82 Å². The zero-order valence-corrected chi connectivity index (χ0v) is 12.6. The first-order valence-electron chi connectivity index (χ1n) is 6.69. The Balaban J connectivity index is 2.07. The number of halogens is 1. The number of piperidine rings is 1. The van der Waals surface area contributed by atoms with Crippen molar-refractivity contribution in [3.05, 3.63) is 34.9 Å². The lowest BCUT2D eigenvalue weighted by atomic mass is 9.96. The largest absolute Gasteiger partial charge is 0.354 e. The molecule has 1 fully saturated rings. The van der Waals surface area contributed by atoms with E-state index in [-0.39, 0.29) is 6.04 Å². The number of hydrogen-bond acceptors (Lipinski definition) is 3. The first-order valence-corrected chi connectivity index (χ1v) is 7.48. The molecule has 1 aliphatic heterocycles. The van der Waals surface area contributed by atoms with Crippen LogP contribution in [0.15, 0.2) is 34.9 Å². The van der Waals surface area contributed by atoms with Crippen LogP contribution >= 0.6 is 15.9 Å². The number of aromatic nitrogens is 1. The Labute approximate surface area is 121 Å². The molecule has 1 aromatic heterocycles. The summed E-state index contributed by atoms with van der Waals surface area (Å²) >= 11 is 3.61. The third kappa shape index (κ3) is 2.47. The lowest BCUT2D eigenvalue weighted by molar-refractivity contribution is 0.400. The zero-order valence-electron chi connectivity index (χ0n) is 11.0. The molecule has 1 aromatic carbocycles. The molecule has 0 aliphatic carbocycles. The SMILES string of the molecule is CC1CC(N)CN(c2nccc3c(Br)cccc23)C1. The van der Waals surface area contributed by atoms with Crippen molar-refractivity contribution in [2.45, 2.75) is 19.4 Å². The van der Waals surface area contributed by atoms with Crippen LogP contribution in [-0.2, 0) is 0 Å². The minimum Gasteiger partial charge on any atom is -0.354 e. The topological polar surface area (TPSA) is 42.1 Å². The standard InChI is InChI=1S/C15H18BrN3/c1-10-7-11(17)9-19(8-10)15-13-3-2-4-14(16)12(13)5-6-18-15/h2-6,10-11H,7-9,17H2,1H3. The van der Waals surface area contributed by atoms with Gasteiger partial charge in [-0.05, 0) is 24.5 Å². The minimum atomic E-state index is 0.243. The van der Waals surface area contributed by atoms with Gasteiger partial charge in [-0.15, -0.1) is 0 Å². The van der Waals surface area contributed by atoms with Crippen molar-refractivity contribution in [2.75, 3.05) is 18.0 Å². The van der Waals surface area contributed by atoms with Gasteiger partial charge in [0.2, 0.25) is 0 Å². The van der Waals surface area contributed by atoms with Crippen molar-refractivity contribution >= 4 is 32.5 Å². The maximum atomic E-state index is 6.15. The van der Waals surface area contributed by atoms with Crippen molar-refractivity contribution in [2.24, 2.45) is 11.7 Å². The summed E-state index contributed by atoms with van der Waals surface area (Å²) in [5.74, 6) is 1.67. The molecule has 0 amide bonds. The Kier molecular flexibility index (Phi) is 3.46. The summed E-state index contributed by atoms with van der Waals surface area (Å²) in [6, 6.07) is 8.55. The van der Waals surface area contributed by atoms with Gasteiger partial charge in [0, 0.05) is 40.6 Å². The lowest BCUT2D eigenvalue weighted by Gasteiger charge is -2.36. The molecule has 3 nitrogen and oxygen atoms in total. The maximum Gasteiger partial charge on any atom is 0.136 e.